The van der Waals surface area contributed by atoms with E-state index in [0.29, 0.717) is 6.42 Å². The first-order valence-electron chi connectivity index (χ1n) is 16.0. The van der Waals surface area contributed by atoms with Crippen LogP contribution in [-0.2, 0) is 32.7 Å². The van der Waals surface area contributed by atoms with Crippen molar-refractivity contribution in [2.75, 3.05) is 26.4 Å². The van der Waals surface area contributed by atoms with Crippen LogP contribution in [0.25, 0.3) is 0 Å². The number of phosphoric acid groups is 1. The average molecular weight is 594 g/mol. The Morgan fingerprint density at radius 3 is 1.52 bits per heavy atom. The number of nitrogens with two attached hydrogens (primary N) is 1. The summed E-state index contributed by atoms with van der Waals surface area (Å²) >= 11 is 0. The molecule has 0 heterocycles. The fourth-order valence-corrected chi connectivity index (χ4v) is 5.10. The van der Waals surface area contributed by atoms with Gasteiger partial charge in [0.05, 0.1) is 13.2 Å². The van der Waals surface area contributed by atoms with E-state index in [4.69, 9.17) is 24.3 Å². The summed E-state index contributed by atoms with van der Waals surface area (Å²) in [6, 6.07) is 0. The highest BCUT2D eigenvalue weighted by Gasteiger charge is 2.25. The third-order valence-corrected chi connectivity index (χ3v) is 7.73. The molecule has 1 unspecified atom stereocenters. The van der Waals surface area contributed by atoms with Crippen LogP contribution in [0.1, 0.15) is 149 Å². The molecule has 0 aromatic heterocycles. The molecule has 0 saturated carbocycles. The van der Waals surface area contributed by atoms with Crippen LogP contribution in [0, 0.1) is 0 Å². The summed E-state index contributed by atoms with van der Waals surface area (Å²) < 4.78 is 32.4. The Kier molecular flexibility index (Phi) is 27.4. The summed E-state index contributed by atoms with van der Waals surface area (Å²) in [5, 5.41) is 0. The second-order valence-electron chi connectivity index (χ2n) is 10.7. The maximum absolute atomic E-state index is 12.4. The van der Waals surface area contributed by atoms with Gasteiger partial charge in [-0.25, -0.2) is 4.57 Å². The van der Waals surface area contributed by atoms with E-state index in [9.17, 15) is 19.0 Å². The van der Waals surface area contributed by atoms with Gasteiger partial charge in [-0.2, -0.15) is 0 Å². The first-order valence-corrected chi connectivity index (χ1v) is 17.5. The number of unbranched alkanes of at least 4 members (excludes halogenated alkanes) is 17. The number of hydrogen-bond acceptors (Lipinski definition) is 8. The van der Waals surface area contributed by atoms with Crippen LogP contribution in [0.4, 0.5) is 0 Å². The Bertz CT molecular complexity index is 649. The lowest BCUT2D eigenvalue weighted by Gasteiger charge is -2.19. The monoisotopic (exact) mass is 593 g/mol. The molecule has 238 valence electrons. The summed E-state index contributed by atoms with van der Waals surface area (Å²) in [7, 11) is -4.35. The van der Waals surface area contributed by atoms with Crippen LogP contribution in [0.15, 0.2) is 0 Å². The van der Waals surface area contributed by atoms with E-state index in [1.807, 2.05) is 0 Å². The normalized spacial score (nSPS) is 13.6. The fraction of sp³-hybridized carbons (Fsp3) is 0.933. The Balaban J connectivity index is 4.28. The minimum atomic E-state index is -4.35. The van der Waals surface area contributed by atoms with E-state index in [1.54, 1.807) is 0 Å². The second kappa shape index (κ2) is 28.1. The summed E-state index contributed by atoms with van der Waals surface area (Å²) in [4.78, 5) is 34.3. The molecule has 2 atom stereocenters. The quantitative estimate of drug-likeness (QED) is 0.0486. The Morgan fingerprint density at radius 1 is 0.650 bits per heavy atom. The van der Waals surface area contributed by atoms with E-state index in [2.05, 4.69) is 13.8 Å². The molecular weight excluding hydrogens is 533 g/mol. The van der Waals surface area contributed by atoms with Crippen LogP contribution in [0.3, 0.4) is 0 Å². The molecule has 10 heteroatoms. The molecule has 3 N–H and O–H groups in total. The van der Waals surface area contributed by atoms with Crippen molar-refractivity contribution in [2.45, 2.75) is 155 Å². The molecular formula is C30H60NO8P. The van der Waals surface area contributed by atoms with Crippen LogP contribution < -0.4 is 5.73 Å². The van der Waals surface area contributed by atoms with Crippen LogP contribution in [-0.4, -0.2) is 49.3 Å². The molecule has 0 bridgehead atoms. The summed E-state index contributed by atoms with van der Waals surface area (Å²) in [5.74, 6) is -0.832. The number of carbonyl (C=O) groups excluding carboxylic acids is 2. The molecule has 0 saturated heterocycles. The Labute approximate surface area is 244 Å². The van der Waals surface area contributed by atoms with Gasteiger partial charge in [0.25, 0.3) is 0 Å². The summed E-state index contributed by atoms with van der Waals surface area (Å²) in [6.45, 7) is 3.66. The largest absolute Gasteiger partial charge is 0.472 e. The number of esters is 2. The van der Waals surface area contributed by atoms with E-state index in [1.165, 1.54) is 83.5 Å². The zero-order valence-electron chi connectivity index (χ0n) is 25.6. The minimum Gasteiger partial charge on any atom is -0.462 e. The van der Waals surface area contributed by atoms with E-state index in [-0.39, 0.29) is 38.6 Å². The van der Waals surface area contributed by atoms with Crippen LogP contribution in [0.5, 0.6) is 0 Å². The topological polar surface area (TPSA) is 134 Å². The highest BCUT2D eigenvalue weighted by Crippen LogP contribution is 2.43. The van der Waals surface area contributed by atoms with Crippen molar-refractivity contribution in [2.24, 2.45) is 5.73 Å². The summed E-state index contributed by atoms with van der Waals surface area (Å²) in [6.07, 6.45) is 21.5. The molecule has 9 nitrogen and oxygen atoms in total. The van der Waals surface area contributed by atoms with Gasteiger partial charge in [0, 0.05) is 19.4 Å². The van der Waals surface area contributed by atoms with Crippen molar-refractivity contribution in [3.8, 4) is 0 Å². The highest BCUT2D eigenvalue weighted by atomic mass is 31.2. The van der Waals surface area contributed by atoms with Crippen molar-refractivity contribution >= 4 is 19.8 Å². The van der Waals surface area contributed by atoms with Gasteiger partial charge in [-0.05, 0) is 12.8 Å². The van der Waals surface area contributed by atoms with Gasteiger partial charge >= 0.3 is 19.8 Å². The molecule has 0 aliphatic carbocycles. The predicted octanol–water partition coefficient (Wildman–Crippen LogP) is 7.77. The standard InChI is InChI=1S/C30H60NO8P/c1-3-5-7-9-11-12-13-14-15-17-19-21-23-30(33)39-28(27-38-40(34,35)37-25-24-31)26-36-29(32)22-20-18-16-10-8-6-4-2/h28H,3-27,31H2,1-2H3,(H,34,35)/t28-/m0/s1. The maximum Gasteiger partial charge on any atom is 0.472 e. The van der Waals surface area contributed by atoms with Crippen molar-refractivity contribution in [3.05, 3.63) is 0 Å². The molecule has 0 aromatic carbocycles. The molecule has 0 radical (unpaired) electrons. The van der Waals surface area contributed by atoms with Gasteiger partial charge in [0.1, 0.15) is 6.61 Å². The van der Waals surface area contributed by atoms with Gasteiger partial charge in [-0.15, -0.1) is 0 Å². The minimum absolute atomic E-state index is 0.0571. The zero-order chi connectivity index (χ0) is 29.7. The summed E-state index contributed by atoms with van der Waals surface area (Å²) in [5.41, 5.74) is 5.30. The fourth-order valence-electron chi connectivity index (χ4n) is 4.34. The third kappa shape index (κ3) is 27.2. The number of hydrogen-bond donors (Lipinski definition) is 2. The molecule has 0 amide bonds. The first kappa shape index (κ1) is 39.0. The molecule has 0 spiro atoms. The lowest BCUT2D eigenvalue weighted by atomic mass is 10.0. The van der Waals surface area contributed by atoms with E-state index in [0.717, 1.165) is 32.1 Å². The highest BCUT2D eigenvalue weighted by molar-refractivity contribution is 7.47. The zero-order valence-corrected chi connectivity index (χ0v) is 26.5. The van der Waals surface area contributed by atoms with Gasteiger partial charge in [0.15, 0.2) is 6.10 Å². The Morgan fingerprint density at radius 2 is 1.07 bits per heavy atom. The molecule has 0 aromatic rings. The smallest absolute Gasteiger partial charge is 0.462 e. The number of ether oxygens (including phenoxy) is 2. The maximum atomic E-state index is 12.4. The van der Waals surface area contributed by atoms with Crippen molar-refractivity contribution < 1.29 is 37.6 Å². The molecule has 0 aliphatic heterocycles. The first-order chi connectivity index (χ1) is 19.3. The number of phosphoric ester groups is 1. The molecule has 40 heavy (non-hydrogen) atoms. The molecule has 0 rings (SSSR count). The lowest BCUT2D eigenvalue weighted by Crippen LogP contribution is -2.29. The lowest BCUT2D eigenvalue weighted by molar-refractivity contribution is -0.161. The third-order valence-electron chi connectivity index (χ3n) is 6.74. The SMILES string of the molecule is CCCCCCCCCCCCCCC(=O)O[C@@H](COC(=O)CCCCCCCCC)COP(=O)(O)OCCN. The van der Waals surface area contributed by atoms with E-state index < -0.39 is 26.5 Å². The van der Waals surface area contributed by atoms with Crippen LogP contribution >= 0.6 is 7.82 Å². The molecule has 0 aliphatic rings. The number of rotatable bonds is 30. The average Bonchev–Trinajstić information content (AvgIpc) is 2.93. The van der Waals surface area contributed by atoms with Crippen molar-refractivity contribution in [1.29, 1.82) is 0 Å². The predicted molar refractivity (Wildman–Crippen MR) is 160 cm³/mol. The molecule has 0 fully saturated rings. The second-order valence-corrected chi connectivity index (χ2v) is 12.1. The Hall–Kier alpha value is -0.990. The van der Waals surface area contributed by atoms with Gasteiger partial charge in [0.2, 0.25) is 0 Å². The number of carbonyl (C=O) groups is 2. The van der Waals surface area contributed by atoms with Gasteiger partial charge < -0.3 is 20.1 Å². The van der Waals surface area contributed by atoms with E-state index >= 15 is 0 Å². The van der Waals surface area contributed by atoms with Gasteiger partial charge in [-0.3, -0.25) is 18.6 Å². The van der Waals surface area contributed by atoms with Crippen LogP contribution in [0.2, 0.25) is 0 Å². The van der Waals surface area contributed by atoms with Crippen molar-refractivity contribution in [1.82, 2.24) is 0 Å². The van der Waals surface area contributed by atoms with Gasteiger partial charge in [-0.1, -0.05) is 123 Å². The van der Waals surface area contributed by atoms with Crippen molar-refractivity contribution in [3.63, 3.8) is 0 Å².